The van der Waals surface area contributed by atoms with Gasteiger partial charge in [-0.25, -0.2) is 4.79 Å². The molecule has 2 amide bonds. The van der Waals surface area contributed by atoms with Crippen LogP contribution in [-0.2, 0) is 11.2 Å². The minimum atomic E-state index is -0.149. The van der Waals surface area contributed by atoms with Gasteiger partial charge in [0.2, 0.25) is 6.79 Å². The molecule has 2 atom stereocenters. The largest absolute Gasteiger partial charge is 0.454 e. The van der Waals surface area contributed by atoms with Gasteiger partial charge in [-0.3, -0.25) is 0 Å². The number of hydrogen-bond acceptors (Lipinski definition) is 4. The Balaban J connectivity index is 1.40. The molecule has 1 aromatic rings. The molecule has 22 heavy (non-hydrogen) atoms. The Bertz CT molecular complexity index is 529. The maximum atomic E-state index is 11.9. The molecule has 0 unspecified atom stereocenters. The van der Waals surface area contributed by atoms with Crippen molar-refractivity contribution in [2.24, 2.45) is 0 Å². The average molecular weight is 306 g/mol. The standard InChI is InChI=1S/C16H22N2O4/c1-11(13-3-2-8-20-13)18-16(19)17-7-6-12-4-5-14-15(9-12)22-10-21-14/h4-5,9,11,13H,2-3,6-8,10H2,1H3,(H2,17,18,19)/t11-,13+/m0/s1. The second-order valence-corrected chi connectivity index (χ2v) is 5.68. The highest BCUT2D eigenvalue weighted by molar-refractivity contribution is 5.74. The quantitative estimate of drug-likeness (QED) is 0.871. The highest BCUT2D eigenvalue weighted by Gasteiger charge is 2.23. The third-order valence-corrected chi connectivity index (χ3v) is 4.02. The lowest BCUT2D eigenvalue weighted by molar-refractivity contribution is 0.0860. The van der Waals surface area contributed by atoms with Crippen LogP contribution in [0.2, 0.25) is 0 Å². The second-order valence-electron chi connectivity index (χ2n) is 5.68. The number of ether oxygens (including phenoxy) is 3. The van der Waals surface area contributed by atoms with Crippen molar-refractivity contribution in [1.29, 1.82) is 0 Å². The van der Waals surface area contributed by atoms with Crippen molar-refractivity contribution in [3.05, 3.63) is 23.8 Å². The Labute approximate surface area is 130 Å². The third-order valence-electron chi connectivity index (χ3n) is 4.02. The first-order valence-corrected chi connectivity index (χ1v) is 7.77. The predicted octanol–water partition coefficient (Wildman–Crippen LogP) is 1.82. The lowest BCUT2D eigenvalue weighted by atomic mass is 10.1. The van der Waals surface area contributed by atoms with Crippen molar-refractivity contribution in [2.75, 3.05) is 19.9 Å². The number of urea groups is 1. The van der Waals surface area contributed by atoms with Gasteiger partial charge in [0.15, 0.2) is 11.5 Å². The molecule has 2 heterocycles. The first-order chi connectivity index (χ1) is 10.7. The molecule has 3 rings (SSSR count). The number of amides is 2. The van der Waals surface area contributed by atoms with E-state index in [2.05, 4.69) is 10.6 Å². The number of carbonyl (C=O) groups is 1. The average Bonchev–Trinajstić information content (AvgIpc) is 3.18. The fourth-order valence-electron chi connectivity index (χ4n) is 2.76. The zero-order chi connectivity index (χ0) is 15.4. The SMILES string of the molecule is C[C@H](NC(=O)NCCc1ccc2c(c1)OCO2)[C@H]1CCCO1. The summed E-state index contributed by atoms with van der Waals surface area (Å²) >= 11 is 0. The van der Waals surface area contributed by atoms with Crippen molar-refractivity contribution < 1.29 is 19.0 Å². The van der Waals surface area contributed by atoms with Gasteiger partial charge in [0.25, 0.3) is 0 Å². The van der Waals surface area contributed by atoms with E-state index in [0.717, 1.165) is 42.9 Å². The number of hydrogen-bond donors (Lipinski definition) is 2. The van der Waals surface area contributed by atoms with E-state index in [4.69, 9.17) is 14.2 Å². The van der Waals surface area contributed by atoms with Gasteiger partial charge in [-0.1, -0.05) is 6.07 Å². The highest BCUT2D eigenvalue weighted by atomic mass is 16.7. The molecule has 0 aromatic heterocycles. The van der Waals surface area contributed by atoms with Crippen LogP contribution < -0.4 is 20.1 Å². The molecule has 2 aliphatic heterocycles. The van der Waals surface area contributed by atoms with Crippen LogP contribution in [0, 0.1) is 0 Å². The summed E-state index contributed by atoms with van der Waals surface area (Å²) in [6.07, 6.45) is 2.97. The predicted molar refractivity (Wildman–Crippen MR) is 81.2 cm³/mol. The fourth-order valence-corrected chi connectivity index (χ4v) is 2.76. The van der Waals surface area contributed by atoms with Crippen LogP contribution in [0.15, 0.2) is 18.2 Å². The van der Waals surface area contributed by atoms with Crippen molar-refractivity contribution >= 4 is 6.03 Å². The van der Waals surface area contributed by atoms with Crippen LogP contribution >= 0.6 is 0 Å². The number of nitrogens with one attached hydrogen (secondary N) is 2. The van der Waals surface area contributed by atoms with Gasteiger partial charge in [0.1, 0.15) is 0 Å². The van der Waals surface area contributed by atoms with Crippen LogP contribution in [0.4, 0.5) is 4.79 Å². The first-order valence-electron chi connectivity index (χ1n) is 7.77. The molecule has 0 bridgehead atoms. The molecule has 2 aliphatic rings. The van der Waals surface area contributed by atoms with Gasteiger partial charge in [0.05, 0.1) is 12.1 Å². The first kappa shape index (κ1) is 15.0. The number of carbonyl (C=O) groups excluding carboxylic acids is 1. The zero-order valence-corrected chi connectivity index (χ0v) is 12.8. The maximum Gasteiger partial charge on any atom is 0.315 e. The molecule has 1 saturated heterocycles. The van der Waals surface area contributed by atoms with Crippen LogP contribution in [0.1, 0.15) is 25.3 Å². The van der Waals surface area contributed by atoms with E-state index in [1.807, 2.05) is 25.1 Å². The third kappa shape index (κ3) is 3.62. The van der Waals surface area contributed by atoms with E-state index in [1.54, 1.807) is 0 Å². The molecular weight excluding hydrogens is 284 g/mol. The Hall–Kier alpha value is -1.95. The van der Waals surface area contributed by atoms with Crippen molar-refractivity contribution in [1.82, 2.24) is 10.6 Å². The Kier molecular flexibility index (Phi) is 4.68. The number of benzene rings is 1. The summed E-state index contributed by atoms with van der Waals surface area (Å²) < 4.78 is 16.2. The smallest absolute Gasteiger partial charge is 0.315 e. The van der Waals surface area contributed by atoms with E-state index in [9.17, 15) is 4.79 Å². The van der Waals surface area contributed by atoms with Gasteiger partial charge in [-0.15, -0.1) is 0 Å². The maximum absolute atomic E-state index is 11.9. The normalized spacial score (nSPS) is 20.7. The fraction of sp³-hybridized carbons (Fsp3) is 0.562. The molecule has 0 aliphatic carbocycles. The summed E-state index contributed by atoms with van der Waals surface area (Å²) in [5.41, 5.74) is 1.11. The molecule has 1 fully saturated rings. The van der Waals surface area contributed by atoms with Crippen molar-refractivity contribution in [3.63, 3.8) is 0 Å². The van der Waals surface area contributed by atoms with Crippen LogP contribution in [0.3, 0.4) is 0 Å². The Morgan fingerprint density at radius 1 is 1.36 bits per heavy atom. The topological polar surface area (TPSA) is 68.8 Å². The highest BCUT2D eigenvalue weighted by Crippen LogP contribution is 2.32. The van der Waals surface area contributed by atoms with Gasteiger partial charge in [-0.05, 0) is 43.9 Å². The molecule has 6 nitrogen and oxygen atoms in total. The van der Waals surface area contributed by atoms with Gasteiger partial charge in [-0.2, -0.15) is 0 Å². The molecular formula is C16H22N2O4. The summed E-state index contributed by atoms with van der Waals surface area (Å²) in [6, 6.07) is 5.73. The lowest BCUT2D eigenvalue weighted by Crippen LogP contribution is -2.46. The number of rotatable bonds is 5. The summed E-state index contributed by atoms with van der Waals surface area (Å²) in [4.78, 5) is 11.9. The van der Waals surface area contributed by atoms with E-state index in [0.29, 0.717) is 6.54 Å². The summed E-state index contributed by atoms with van der Waals surface area (Å²) in [7, 11) is 0. The van der Waals surface area contributed by atoms with Gasteiger partial charge in [0, 0.05) is 13.2 Å². The monoisotopic (exact) mass is 306 g/mol. The molecule has 0 spiro atoms. The Morgan fingerprint density at radius 3 is 3.05 bits per heavy atom. The van der Waals surface area contributed by atoms with E-state index >= 15 is 0 Å². The summed E-state index contributed by atoms with van der Waals surface area (Å²) in [6.45, 7) is 3.63. The van der Waals surface area contributed by atoms with E-state index in [1.165, 1.54) is 0 Å². The molecule has 2 N–H and O–H groups in total. The van der Waals surface area contributed by atoms with E-state index < -0.39 is 0 Å². The zero-order valence-electron chi connectivity index (χ0n) is 12.8. The van der Waals surface area contributed by atoms with Crippen LogP contribution in [0.25, 0.3) is 0 Å². The van der Waals surface area contributed by atoms with Gasteiger partial charge < -0.3 is 24.8 Å². The molecule has 120 valence electrons. The van der Waals surface area contributed by atoms with Crippen molar-refractivity contribution in [3.8, 4) is 11.5 Å². The van der Waals surface area contributed by atoms with Crippen LogP contribution in [-0.4, -0.2) is 38.1 Å². The molecule has 1 aromatic carbocycles. The molecule has 0 saturated carbocycles. The minimum absolute atomic E-state index is 0.0352. The lowest BCUT2D eigenvalue weighted by Gasteiger charge is -2.20. The van der Waals surface area contributed by atoms with E-state index in [-0.39, 0.29) is 25.0 Å². The summed E-state index contributed by atoms with van der Waals surface area (Å²) in [5.74, 6) is 1.55. The second kappa shape index (κ2) is 6.87. The Morgan fingerprint density at radius 2 is 2.23 bits per heavy atom. The molecule has 6 heteroatoms. The number of fused-ring (bicyclic) bond motifs is 1. The minimum Gasteiger partial charge on any atom is -0.454 e. The summed E-state index contributed by atoms with van der Waals surface area (Å²) in [5, 5.41) is 5.81. The van der Waals surface area contributed by atoms with Gasteiger partial charge >= 0.3 is 6.03 Å². The van der Waals surface area contributed by atoms with Crippen LogP contribution in [0.5, 0.6) is 11.5 Å². The molecule has 0 radical (unpaired) electrons. The van der Waals surface area contributed by atoms with Crippen molar-refractivity contribution in [2.45, 2.75) is 38.3 Å².